The van der Waals surface area contributed by atoms with E-state index in [1.165, 1.54) is 12.8 Å². The smallest absolute Gasteiger partial charge is 0.127 e. The van der Waals surface area contributed by atoms with Crippen molar-refractivity contribution in [2.45, 2.75) is 38.0 Å². The molecule has 17 heavy (non-hydrogen) atoms. The number of rotatable bonds is 3. The number of methoxy groups -OCH3 is 1. The summed E-state index contributed by atoms with van der Waals surface area (Å²) in [5.74, 6) is 0.921. The first kappa shape index (κ1) is 12.7. The van der Waals surface area contributed by atoms with Crippen LogP contribution in [0.2, 0.25) is 5.02 Å². The van der Waals surface area contributed by atoms with Crippen LogP contribution in [-0.4, -0.2) is 13.7 Å². The molecule has 0 spiro atoms. The van der Waals surface area contributed by atoms with Gasteiger partial charge in [-0.05, 0) is 31.4 Å². The Bertz CT molecular complexity index is 411. The monoisotopic (exact) mass is 253 g/mol. The normalized spacial score (nSPS) is 18.4. The third-order valence-electron chi connectivity index (χ3n) is 3.99. The van der Waals surface area contributed by atoms with Gasteiger partial charge < -0.3 is 10.5 Å². The highest BCUT2D eigenvalue weighted by molar-refractivity contribution is 6.31. The summed E-state index contributed by atoms with van der Waals surface area (Å²) in [7, 11) is 1.71. The van der Waals surface area contributed by atoms with Gasteiger partial charge in [0.05, 0.1) is 7.11 Å². The van der Waals surface area contributed by atoms with Crippen molar-refractivity contribution in [3.63, 3.8) is 0 Å². The van der Waals surface area contributed by atoms with Gasteiger partial charge in [-0.15, -0.1) is 0 Å². The van der Waals surface area contributed by atoms with Gasteiger partial charge in [0.1, 0.15) is 5.75 Å². The van der Waals surface area contributed by atoms with Crippen molar-refractivity contribution in [3.05, 3.63) is 28.3 Å². The Morgan fingerprint density at radius 1 is 1.35 bits per heavy atom. The van der Waals surface area contributed by atoms with Gasteiger partial charge in [0.15, 0.2) is 0 Å². The Morgan fingerprint density at radius 3 is 2.53 bits per heavy atom. The molecular weight excluding hydrogens is 234 g/mol. The minimum Gasteiger partial charge on any atom is -0.496 e. The second-order valence-electron chi connectivity index (χ2n) is 4.96. The molecule has 0 atom stereocenters. The summed E-state index contributed by atoms with van der Waals surface area (Å²) in [4.78, 5) is 0. The number of hydrogen-bond acceptors (Lipinski definition) is 2. The molecule has 0 unspecified atom stereocenters. The summed E-state index contributed by atoms with van der Waals surface area (Å²) < 4.78 is 5.56. The molecule has 1 aromatic rings. The summed E-state index contributed by atoms with van der Waals surface area (Å²) in [6.45, 7) is 2.70. The van der Waals surface area contributed by atoms with Gasteiger partial charge in [-0.25, -0.2) is 0 Å². The highest BCUT2D eigenvalue weighted by Crippen LogP contribution is 2.47. The first-order valence-corrected chi connectivity index (χ1v) is 6.56. The van der Waals surface area contributed by atoms with Crippen LogP contribution in [0.4, 0.5) is 0 Å². The number of ether oxygens (including phenoxy) is 1. The van der Waals surface area contributed by atoms with Crippen molar-refractivity contribution in [2.24, 2.45) is 5.73 Å². The van der Waals surface area contributed by atoms with Gasteiger partial charge in [-0.3, -0.25) is 0 Å². The van der Waals surface area contributed by atoms with Crippen LogP contribution in [0.15, 0.2) is 12.1 Å². The van der Waals surface area contributed by atoms with Crippen molar-refractivity contribution in [2.75, 3.05) is 13.7 Å². The van der Waals surface area contributed by atoms with Crippen molar-refractivity contribution in [1.82, 2.24) is 0 Å². The van der Waals surface area contributed by atoms with Crippen LogP contribution in [0.1, 0.15) is 36.8 Å². The molecule has 0 saturated heterocycles. The molecule has 0 aliphatic heterocycles. The fourth-order valence-electron chi connectivity index (χ4n) is 3.03. The predicted octanol–water partition coefficient (Wildman–Crippen LogP) is 3.43. The minimum absolute atomic E-state index is 0.0223. The zero-order valence-electron chi connectivity index (χ0n) is 10.6. The average Bonchev–Trinajstić information content (AvgIpc) is 2.81. The van der Waals surface area contributed by atoms with E-state index in [0.717, 1.165) is 34.7 Å². The largest absolute Gasteiger partial charge is 0.496 e. The van der Waals surface area contributed by atoms with E-state index >= 15 is 0 Å². The lowest BCUT2D eigenvalue weighted by Gasteiger charge is -2.31. The van der Waals surface area contributed by atoms with Crippen molar-refractivity contribution in [3.8, 4) is 5.75 Å². The predicted molar refractivity (Wildman–Crippen MR) is 71.9 cm³/mol. The van der Waals surface area contributed by atoms with Crippen LogP contribution in [0.25, 0.3) is 0 Å². The molecule has 1 aliphatic carbocycles. The van der Waals surface area contributed by atoms with Crippen LogP contribution in [0.3, 0.4) is 0 Å². The number of halogens is 1. The molecule has 2 N–H and O–H groups in total. The van der Waals surface area contributed by atoms with E-state index in [-0.39, 0.29) is 5.41 Å². The van der Waals surface area contributed by atoms with Gasteiger partial charge in [0.2, 0.25) is 0 Å². The average molecular weight is 254 g/mol. The first-order valence-electron chi connectivity index (χ1n) is 6.18. The van der Waals surface area contributed by atoms with Crippen LogP contribution < -0.4 is 10.5 Å². The van der Waals surface area contributed by atoms with Crippen molar-refractivity contribution in [1.29, 1.82) is 0 Å². The zero-order valence-corrected chi connectivity index (χ0v) is 11.3. The van der Waals surface area contributed by atoms with E-state index in [9.17, 15) is 0 Å². The molecule has 1 aromatic carbocycles. The molecule has 0 amide bonds. The van der Waals surface area contributed by atoms with Crippen LogP contribution in [-0.2, 0) is 5.41 Å². The molecule has 0 heterocycles. The number of benzene rings is 1. The van der Waals surface area contributed by atoms with E-state index in [0.29, 0.717) is 6.54 Å². The molecule has 3 heteroatoms. The Kier molecular flexibility index (Phi) is 3.64. The Balaban J connectivity index is 2.60. The van der Waals surface area contributed by atoms with Gasteiger partial charge >= 0.3 is 0 Å². The highest BCUT2D eigenvalue weighted by atomic mass is 35.5. The van der Waals surface area contributed by atoms with E-state index in [1.807, 2.05) is 12.1 Å². The van der Waals surface area contributed by atoms with Gasteiger partial charge in [0, 0.05) is 22.5 Å². The third kappa shape index (κ3) is 2.04. The highest BCUT2D eigenvalue weighted by Gasteiger charge is 2.38. The molecule has 0 radical (unpaired) electrons. The van der Waals surface area contributed by atoms with Crippen molar-refractivity contribution >= 4 is 11.6 Å². The van der Waals surface area contributed by atoms with Crippen LogP contribution >= 0.6 is 11.6 Å². The lowest BCUT2D eigenvalue weighted by molar-refractivity contribution is 0.375. The number of nitrogens with two attached hydrogens (primary N) is 1. The first-order chi connectivity index (χ1) is 8.14. The second-order valence-corrected chi connectivity index (χ2v) is 5.37. The van der Waals surface area contributed by atoms with E-state index in [1.54, 1.807) is 7.11 Å². The molecule has 0 aromatic heterocycles. The maximum Gasteiger partial charge on any atom is 0.127 e. The molecule has 1 aliphatic rings. The molecule has 94 valence electrons. The maximum absolute atomic E-state index is 6.39. The topological polar surface area (TPSA) is 35.2 Å². The second kappa shape index (κ2) is 4.87. The van der Waals surface area contributed by atoms with Gasteiger partial charge in [-0.2, -0.15) is 0 Å². The lowest BCUT2D eigenvalue weighted by atomic mass is 9.77. The van der Waals surface area contributed by atoms with Crippen LogP contribution in [0.5, 0.6) is 5.75 Å². The Labute approximate surface area is 108 Å². The molecule has 2 rings (SSSR count). The van der Waals surface area contributed by atoms with E-state index < -0.39 is 0 Å². The lowest BCUT2D eigenvalue weighted by Crippen LogP contribution is -2.33. The molecular formula is C14H20ClNO. The quantitative estimate of drug-likeness (QED) is 0.896. The van der Waals surface area contributed by atoms with E-state index in [2.05, 4.69) is 6.92 Å². The molecule has 0 bridgehead atoms. The summed E-state index contributed by atoms with van der Waals surface area (Å²) in [6.07, 6.45) is 4.68. The van der Waals surface area contributed by atoms with Gasteiger partial charge in [-0.1, -0.05) is 30.5 Å². The minimum atomic E-state index is 0.0223. The standard InChI is InChI=1S/C14H20ClNO/c1-10-5-6-11(15)12(13(10)17-2)14(9-16)7-3-4-8-14/h5-6H,3-4,7-9,16H2,1-2H3. The summed E-state index contributed by atoms with van der Waals surface area (Å²) in [5.41, 5.74) is 8.31. The summed E-state index contributed by atoms with van der Waals surface area (Å²) in [5, 5.41) is 0.791. The molecule has 1 fully saturated rings. The Morgan fingerprint density at radius 2 is 2.00 bits per heavy atom. The molecule has 1 saturated carbocycles. The molecule has 2 nitrogen and oxygen atoms in total. The van der Waals surface area contributed by atoms with Gasteiger partial charge in [0.25, 0.3) is 0 Å². The SMILES string of the molecule is COc1c(C)ccc(Cl)c1C1(CN)CCCC1. The zero-order chi connectivity index (χ0) is 12.5. The fourth-order valence-corrected chi connectivity index (χ4v) is 3.38. The third-order valence-corrected chi connectivity index (χ3v) is 4.30. The number of aryl methyl sites for hydroxylation is 1. The van der Waals surface area contributed by atoms with Crippen molar-refractivity contribution < 1.29 is 4.74 Å². The Hall–Kier alpha value is -0.730. The fraction of sp³-hybridized carbons (Fsp3) is 0.571. The summed E-state index contributed by atoms with van der Waals surface area (Å²) >= 11 is 6.39. The van der Waals surface area contributed by atoms with E-state index in [4.69, 9.17) is 22.1 Å². The maximum atomic E-state index is 6.39. The summed E-state index contributed by atoms with van der Waals surface area (Å²) in [6, 6.07) is 3.97. The van der Waals surface area contributed by atoms with Crippen LogP contribution in [0, 0.1) is 6.92 Å². The number of hydrogen-bond donors (Lipinski definition) is 1.